The highest BCUT2D eigenvalue weighted by atomic mass is 16.5. The van der Waals surface area contributed by atoms with Crippen molar-refractivity contribution < 1.29 is 9.47 Å². The lowest BCUT2D eigenvalue weighted by atomic mass is 10.1. The number of hydrogen-bond acceptors (Lipinski definition) is 8. The third-order valence-electron chi connectivity index (χ3n) is 3.55. The summed E-state index contributed by atoms with van der Waals surface area (Å²) in [5, 5.41) is 3.32. The van der Waals surface area contributed by atoms with Crippen LogP contribution in [0.3, 0.4) is 0 Å². The number of nitrogens with two attached hydrogens (primary N) is 1. The molecular weight excluding hydrogens is 260 g/mol. The standard InChI is InChI=1S/C12H20N6O2/c1-2-19-12-16-10(15-11(17-12)18-13)14-8-5-6-20-9(8)7-3-4-7/h7-9H,2-6,13H2,1H3,(H2,14,15,16,17,18). The number of nitrogens with one attached hydrogen (secondary N) is 2. The van der Waals surface area contributed by atoms with Gasteiger partial charge in [-0.25, -0.2) is 5.84 Å². The maximum Gasteiger partial charge on any atom is 0.323 e. The molecule has 1 aromatic heterocycles. The van der Waals surface area contributed by atoms with Gasteiger partial charge in [-0.3, -0.25) is 5.43 Å². The van der Waals surface area contributed by atoms with E-state index in [1.54, 1.807) is 0 Å². The number of nitrogens with zero attached hydrogens (tertiary/aromatic N) is 3. The summed E-state index contributed by atoms with van der Waals surface area (Å²) in [6.45, 7) is 3.15. The molecule has 0 amide bonds. The Hall–Kier alpha value is -1.67. The highest BCUT2D eigenvalue weighted by Crippen LogP contribution is 2.39. The summed E-state index contributed by atoms with van der Waals surface area (Å²) in [5.41, 5.74) is 2.42. The largest absolute Gasteiger partial charge is 0.464 e. The Bertz CT molecular complexity index is 467. The first-order chi connectivity index (χ1) is 9.80. The summed E-state index contributed by atoms with van der Waals surface area (Å²) in [6.07, 6.45) is 3.72. The minimum absolute atomic E-state index is 0.241. The summed E-state index contributed by atoms with van der Waals surface area (Å²) < 4.78 is 11.1. The lowest BCUT2D eigenvalue weighted by Gasteiger charge is -2.19. The van der Waals surface area contributed by atoms with Gasteiger partial charge in [0, 0.05) is 6.61 Å². The third-order valence-corrected chi connectivity index (χ3v) is 3.55. The zero-order valence-corrected chi connectivity index (χ0v) is 11.5. The Morgan fingerprint density at radius 3 is 2.75 bits per heavy atom. The number of ether oxygens (including phenoxy) is 2. The molecule has 1 aliphatic carbocycles. The molecule has 0 bridgehead atoms. The van der Waals surface area contributed by atoms with Crippen molar-refractivity contribution in [2.24, 2.45) is 11.8 Å². The van der Waals surface area contributed by atoms with Crippen molar-refractivity contribution >= 4 is 11.9 Å². The van der Waals surface area contributed by atoms with Gasteiger partial charge in [0.05, 0.1) is 18.8 Å². The van der Waals surface area contributed by atoms with Crippen LogP contribution in [0.4, 0.5) is 11.9 Å². The molecule has 0 radical (unpaired) electrons. The molecule has 2 atom stereocenters. The van der Waals surface area contributed by atoms with Gasteiger partial charge in [0.15, 0.2) is 0 Å². The molecule has 20 heavy (non-hydrogen) atoms. The van der Waals surface area contributed by atoms with Crippen LogP contribution in [0, 0.1) is 5.92 Å². The highest BCUT2D eigenvalue weighted by molar-refractivity contribution is 5.36. The first kappa shape index (κ1) is 13.3. The molecule has 2 aliphatic rings. The zero-order valence-electron chi connectivity index (χ0n) is 11.5. The predicted molar refractivity (Wildman–Crippen MR) is 73.3 cm³/mol. The topological polar surface area (TPSA) is 107 Å². The van der Waals surface area contributed by atoms with Crippen LogP contribution >= 0.6 is 0 Å². The van der Waals surface area contributed by atoms with E-state index < -0.39 is 0 Å². The minimum Gasteiger partial charge on any atom is -0.464 e. The molecule has 2 fully saturated rings. The number of aromatic nitrogens is 3. The van der Waals surface area contributed by atoms with Crippen LogP contribution < -0.4 is 21.3 Å². The fraction of sp³-hybridized carbons (Fsp3) is 0.750. The lowest BCUT2D eigenvalue weighted by molar-refractivity contribution is 0.0897. The van der Waals surface area contributed by atoms with Gasteiger partial charge in [0.2, 0.25) is 11.9 Å². The van der Waals surface area contributed by atoms with Crippen LogP contribution in [0.15, 0.2) is 0 Å². The third kappa shape index (κ3) is 2.91. The molecule has 1 aliphatic heterocycles. The van der Waals surface area contributed by atoms with Gasteiger partial charge in [-0.15, -0.1) is 0 Å². The fourth-order valence-corrected chi connectivity index (χ4v) is 2.50. The summed E-state index contributed by atoms with van der Waals surface area (Å²) in [6, 6.07) is 0.504. The van der Waals surface area contributed by atoms with E-state index >= 15 is 0 Å². The highest BCUT2D eigenvalue weighted by Gasteiger charge is 2.40. The van der Waals surface area contributed by atoms with Crippen LogP contribution in [0.5, 0.6) is 6.01 Å². The summed E-state index contributed by atoms with van der Waals surface area (Å²) in [7, 11) is 0. The van der Waals surface area contributed by atoms with Crippen LogP contribution in [0.1, 0.15) is 26.2 Å². The van der Waals surface area contributed by atoms with Crippen molar-refractivity contribution in [3.63, 3.8) is 0 Å². The minimum atomic E-state index is 0.241. The Morgan fingerprint density at radius 1 is 1.25 bits per heavy atom. The van der Waals surface area contributed by atoms with Crippen LogP contribution in [0.25, 0.3) is 0 Å². The Morgan fingerprint density at radius 2 is 2.05 bits per heavy atom. The van der Waals surface area contributed by atoms with E-state index in [4.69, 9.17) is 15.3 Å². The number of anilines is 2. The number of hydrazine groups is 1. The van der Waals surface area contributed by atoms with E-state index in [0.29, 0.717) is 18.5 Å². The second-order valence-corrected chi connectivity index (χ2v) is 5.05. The summed E-state index contributed by atoms with van der Waals surface area (Å²) in [5.74, 6) is 6.80. The van der Waals surface area contributed by atoms with E-state index in [-0.39, 0.29) is 24.1 Å². The van der Waals surface area contributed by atoms with E-state index in [1.165, 1.54) is 12.8 Å². The molecule has 0 spiro atoms. The van der Waals surface area contributed by atoms with Crippen LogP contribution in [-0.4, -0.2) is 40.3 Å². The molecular formula is C12H20N6O2. The fourth-order valence-electron chi connectivity index (χ4n) is 2.50. The normalized spacial score (nSPS) is 25.5. The van der Waals surface area contributed by atoms with Gasteiger partial charge in [-0.1, -0.05) is 0 Å². The molecule has 3 rings (SSSR count). The van der Waals surface area contributed by atoms with Crippen molar-refractivity contribution in [2.45, 2.75) is 38.3 Å². The SMILES string of the molecule is CCOc1nc(NN)nc(NC2CCOC2C2CC2)n1. The number of hydrogen-bond donors (Lipinski definition) is 3. The average molecular weight is 280 g/mol. The molecule has 2 heterocycles. The molecule has 4 N–H and O–H groups in total. The Balaban J connectivity index is 1.73. The molecule has 8 heteroatoms. The van der Waals surface area contributed by atoms with Crippen molar-refractivity contribution in [1.29, 1.82) is 0 Å². The number of nitrogen functional groups attached to an aromatic ring is 1. The summed E-state index contributed by atoms with van der Waals surface area (Å²) >= 11 is 0. The quantitative estimate of drug-likeness (QED) is 0.512. The van der Waals surface area contributed by atoms with Gasteiger partial charge in [0.1, 0.15) is 0 Å². The zero-order chi connectivity index (χ0) is 13.9. The van der Waals surface area contributed by atoms with Gasteiger partial charge < -0.3 is 14.8 Å². The monoisotopic (exact) mass is 280 g/mol. The molecule has 2 unspecified atom stereocenters. The Labute approximate surface area is 117 Å². The average Bonchev–Trinajstić information content (AvgIpc) is 3.19. The van der Waals surface area contributed by atoms with E-state index in [9.17, 15) is 0 Å². The molecule has 1 saturated heterocycles. The maximum absolute atomic E-state index is 5.79. The first-order valence-electron chi connectivity index (χ1n) is 7.03. The second-order valence-electron chi connectivity index (χ2n) is 5.05. The number of rotatable bonds is 6. The van der Waals surface area contributed by atoms with Gasteiger partial charge >= 0.3 is 6.01 Å². The van der Waals surface area contributed by atoms with Gasteiger partial charge in [-0.2, -0.15) is 15.0 Å². The molecule has 1 aromatic rings. The smallest absolute Gasteiger partial charge is 0.323 e. The van der Waals surface area contributed by atoms with Crippen molar-refractivity contribution in [3.8, 4) is 6.01 Å². The molecule has 0 aromatic carbocycles. The van der Waals surface area contributed by atoms with Crippen LogP contribution in [0.2, 0.25) is 0 Å². The van der Waals surface area contributed by atoms with Crippen molar-refractivity contribution in [3.05, 3.63) is 0 Å². The van der Waals surface area contributed by atoms with Crippen molar-refractivity contribution in [1.82, 2.24) is 15.0 Å². The lowest BCUT2D eigenvalue weighted by Crippen LogP contribution is -2.32. The Kier molecular flexibility index (Phi) is 3.83. The summed E-state index contributed by atoms with van der Waals surface area (Å²) in [4.78, 5) is 12.5. The van der Waals surface area contributed by atoms with Crippen molar-refractivity contribution in [2.75, 3.05) is 24.0 Å². The van der Waals surface area contributed by atoms with Crippen LogP contribution in [-0.2, 0) is 4.74 Å². The van der Waals surface area contributed by atoms with E-state index in [0.717, 1.165) is 13.0 Å². The molecule has 110 valence electrons. The predicted octanol–water partition coefficient (Wildman–Crippen LogP) is 0.535. The van der Waals surface area contributed by atoms with E-state index in [2.05, 4.69) is 25.7 Å². The van der Waals surface area contributed by atoms with Gasteiger partial charge in [0.25, 0.3) is 0 Å². The molecule has 1 saturated carbocycles. The van der Waals surface area contributed by atoms with Gasteiger partial charge in [-0.05, 0) is 32.1 Å². The maximum atomic E-state index is 5.79. The second kappa shape index (κ2) is 5.76. The molecule has 8 nitrogen and oxygen atoms in total. The van der Waals surface area contributed by atoms with E-state index in [1.807, 2.05) is 6.92 Å². The first-order valence-corrected chi connectivity index (χ1v) is 7.03.